The molecule has 3 N–H and O–H groups in total. The number of fused-ring (bicyclic) bond motifs is 1. The van der Waals surface area contributed by atoms with Crippen LogP contribution in [-0.4, -0.2) is 10.2 Å². The SMILES string of the molecule is NNc1nnc(COc2cccc3ccccc23)s1. The third kappa shape index (κ3) is 2.49. The molecule has 96 valence electrons. The molecule has 5 nitrogen and oxygen atoms in total. The predicted molar refractivity (Wildman–Crippen MR) is 76.0 cm³/mol. The molecule has 0 atom stereocenters. The van der Waals surface area contributed by atoms with E-state index in [0.717, 1.165) is 21.5 Å². The van der Waals surface area contributed by atoms with Crippen molar-refractivity contribution in [2.24, 2.45) is 5.84 Å². The van der Waals surface area contributed by atoms with Crippen LogP contribution in [0.4, 0.5) is 5.13 Å². The third-order valence-electron chi connectivity index (χ3n) is 2.69. The van der Waals surface area contributed by atoms with E-state index >= 15 is 0 Å². The van der Waals surface area contributed by atoms with Crippen molar-refractivity contribution in [2.45, 2.75) is 6.61 Å². The van der Waals surface area contributed by atoms with Gasteiger partial charge in [-0.15, -0.1) is 10.2 Å². The van der Waals surface area contributed by atoms with Gasteiger partial charge in [-0.05, 0) is 11.5 Å². The van der Waals surface area contributed by atoms with Gasteiger partial charge in [-0.1, -0.05) is 47.7 Å². The Hall–Kier alpha value is -2.18. The lowest BCUT2D eigenvalue weighted by Crippen LogP contribution is -2.05. The van der Waals surface area contributed by atoms with E-state index in [4.69, 9.17) is 10.6 Å². The fraction of sp³-hybridized carbons (Fsp3) is 0.0769. The largest absolute Gasteiger partial charge is 0.486 e. The van der Waals surface area contributed by atoms with Crippen LogP contribution in [0.3, 0.4) is 0 Å². The number of aromatic nitrogens is 2. The summed E-state index contributed by atoms with van der Waals surface area (Å²) in [5, 5.41) is 11.4. The van der Waals surface area contributed by atoms with E-state index < -0.39 is 0 Å². The molecule has 0 unspecified atom stereocenters. The molecule has 19 heavy (non-hydrogen) atoms. The van der Waals surface area contributed by atoms with Gasteiger partial charge in [0.15, 0.2) is 5.01 Å². The lowest BCUT2D eigenvalue weighted by molar-refractivity contribution is 0.308. The Bertz CT molecular complexity index is 692. The first-order valence-corrected chi connectivity index (χ1v) is 6.58. The van der Waals surface area contributed by atoms with Gasteiger partial charge >= 0.3 is 0 Å². The molecule has 1 heterocycles. The minimum atomic E-state index is 0.382. The van der Waals surface area contributed by atoms with Gasteiger partial charge in [0.25, 0.3) is 0 Å². The zero-order valence-electron chi connectivity index (χ0n) is 10.0. The highest BCUT2D eigenvalue weighted by atomic mass is 32.1. The normalized spacial score (nSPS) is 10.6. The highest BCUT2D eigenvalue weighted by Crippen LogP contribution is 2.26. The Morgan fingerprint density at radius 3 is 2.79 bits per heavy atom. The van der Waals surface area contributed by atoms with Crippen LogP contribution in [0.2, 0.25) is 0 Å². The molecule has 3 aromatic rings. The summed E-state index contributed by atoms with van der Waals surface area (Å²) in [5.41, 5.74) is 2.46. The number of nitrogens with two attached hydrogens (primary N) is 1. The van der Waals surface area contributed by atoms with Gasteiger partial charge in [0.2, 0.25) is 5.13 Å². The molecule has 2 aromatic carbocycles. The van der Waals surface area contributed by atoms with Gasteiger partial charge in [-0.2, -0.15) is 0 Å². The Morgan fingerprint density at radius 1 is 1.11 bits per heavy atom. The van der Waals surface area contributed by atoms with Crippen LogP contribution in [0.15, 0.2) is 42.5 Å². The first-order valence-electron chi connectivity index (χ1n) is 5.76. The summed E-state index contributed by atoms with van der Waals surface area (Å²) in [6.45, 7) is 0.382. The van der Waals surface area contributed by atoms with Crippen molar-refractivity contribution in [2.75, 3.05) is 5.43 Å². The van der Waals surface area contributed by atoms with Crippen molar-refractivity contribution in [3.63, 3.8) is 0 Å². The molecule has 0 saturated carbocycles. The van der Waals surface area contributed by atoms with Gasteiger partial charge in [0.05, 0.1) is 0 Å². The van der Waals surface area contributed by atoms with Crippen LogP contribution >= 0.6 is 11.3 Å². The fourth-order valence-electron chi connectivity index (χ4n) is 1.83. The number of nitrogen functional groups attached to an aromatic ring is 1. The Labute approximate surface area is 114 Å². The van der Waals surface area contributed by atoms with Crippen LogP contribution < -0.4 is 16.0 Å². The average Bonchev–Trinajstić information content (AvgIpc) is 2.93. The van der Waals surface area contributed by atoms with Gasteiger partial charge in [0, 0.05) is 5.39 Å². The molecule has 0 radical (unpaired) electrons. The number of hydrogen-bond donors (Lipinski definition) is 2. The summed E-state index contributed by atoms with van der Waals surface area (Å²) in [6.07, 6.45) is 0. The molecular weight excluding hydrogens is 260 g/mol. The molecule has 1 aromatic heterocycles. The molecule has 0 saturated heterocycles. The summed E-state index contributed by atoms with van der Waals surface area (Å²) >= 11 is 1.37. The highest BCUT2D eigenvalue weighted by Gasteiger charge is 2.05. The van der Waals surface area contributed by atoms with E-state index in [0.29, 0.717) is 11.7 Å². The predicted octanol–water partition coefficient (Wildman–Crippen LogP) is 2.56. The lowest BCUT2D eigenvalue weighted by Gasteiger charge is -2.07. The van der Waals surface area contributed by atoms with Crippen LogP contribution in [-0.2, 0) is 6.61 Å². The topological polar surface area (TPSA) is 73.1 Å². The van der Waals surface area contributed by atoms with Crippen molar-refractivity contribution in [1.82, 2.24) is 10.2 Å². The van der Waals surface area contributed by atoms with Crippen molar-refractivity contribution in [1.29, 1.82) is 0 Å². The summed E-state index contributed by atoms with van der Waals surface area (Å²) in [4.78, 5) is 0. The quantitative estimate of drug-likeness (QED) is 0.564. The molecule has 0 fully saturated rings. The number of nitrogens with one attached hydrogen (secondary N) is 1. The Morgan fingerprint density at radius 2 is 1.95 bits per heavy atom. The van der Waals surface area contributed by atoms with E-state index in [2.05, 4.69) is 27.8 Å². The molecular formula is C13H12N4OS. The smallest absolute Gasteiger partial charge is 0.219 e. The average molecular weight is 272 g/mol. The van der Waals surface area contributed by atoms with E-state index in [1.165, 1.54) is 11.3 Å². The summed E-state index contributed by atoms with van der Waals surface area (Å²) in [5.74, 6) is 6.11. The first-order chi connectivity index (χ1) is 9.36. The number of ether oxygens (including phenoxy) is 1. The highest BCUT2D eigenvalue weighted by molar-refractivity contribution is 7.15. The fourth-order valence-corrected chi connectivity index (χ4v) is 2.39. The van der Waals surface area contributed by atoms with Crippen molar-refractivity contribution in [3.8, 4) is 5.75 Å². The first kappa shape index (κ1) is 11.9. The van der Waals surface area contributed by atoms with Crippen molar-refractivity contribution >= 4 is 27.2 Å². The van der Waals surface area contributed by atoms with Gasteiger partial charge < -0.3 is 4.74 Å². The number of anilines is 1. The van der Waals surface area contributed by atoms with E-state index in [9.17, 15) is 0 Å². The summed E-state index contributed by atoms with van der Waals surface area (Å²) in [7, 11) is 0. The van der Waals surface area contributed by atoms with Crippen molar-refractivity contribution < 1.29 is 4.74 Å². The van der Waals surface area contributed by atoms with Crippen LogP contribution in [0, 0.1) is 0 Å². The van der Waals surface area contributed by atoms with Gasteiger partial charge in [-0.3, -0.25) is 5.43 Å². The van der Waals surface area contributed by atoms with E-state index in [-0.39, 0.29) is 0 Å². The minimum absolute atomic E-state index is 0.382. The monoisotopic (exact) mass is 272 g/mol. The second-order valence-electron chi connectivity index (χ2n) is 3.91. The molecule has 0 aliphatic carbocycles. The minimum Gasteiger partial charge on any atom is -0.486 e. The summed E-state index contributed by atoms with van der Waals surface area (Å²) < 4.78 is 5.80. The summed E-state index contributed by atoms with van der Waals surface area (Å²) in [6, 6.07) is 14.1. The van der Waals surface area contributed by atoms with Crippen LogP contribution in [0.1, 0.15) is 5.01 Å². The zero-order chi connectivity index (χ0) is 13.1. The van der Waals surface area contributed by atoms with Gasteiger partial charge in [-0.25, -0.2) is 5.84 Å². The number of hydrazine groups is 1. The van der Waals surface area contributed by atoms with E-state index in [1.54, 1.807) is 0 Å². The van der Waals surface area contributed by atoms with Crippen LogP contribution in [0.25, 0.3) is 10.8 Å². The molecule has 0 spiro atoms. The maximum Gasteiger partial charge on any atom is 0.219 e. The molecule has 3 rings (SSSR count). The van der Waals surface area contributed by atoms with Crippen LogP contribution in [0.5, 0.6) is 5.75 Å². The Balaban J connectivity index is 1.81. The molecule has 0 bridgehead atoms. The van der Waals surface area contributed by atoms with Crippen molar-refractivity contribution in [3.05, 3.63) is 47.5 Å². The van der Waals surface area contributed by atoms with E-state index in [1.807, 2.05) is 30.3 Å². The van der Waals surface area contributed by atoms with Gasteiger partial charge in [0.1, 0.15) is 12.4 Å². The Kier molecular flexibility index (Phi) is 3.26. The zero-order valence-corrected chi connectivity index (χ0v) is 10.9. The molecule has 6 heteroatoms. The maximum absolute atomic E-state index is 5.80. The molecule has 0 aliphatic heterocycles. The number of rotatable bonds is 4. The maximum atomic E-state index is 5.80. The second-order valence-corrected chi connectivity index (χ2v) is 4.97. The number of hydrogen-bond acceptors (Lipinski definition) is 6. The molecule has 0 aliphatic rings. The lowest BCUT2D eigenvalue weighted by atomic mass is 10.1. The standard InChI is InChI=1S/C13H12N4OS/c14-15-13-17-16-12(19-13)8-18-11-7-3-5-9-4-1-2-6-10(9)11/h1-7H,8,14H2,(H,15,17). The molecule has 0 amide bonds. The third-order valence-corrected chi connectivity index (χ3v) is 3.52. The number of nitrogens with zero attached hydrogens (tertiary/aromatic N) is 2. The second kappa shape index (κ2) is 5.21. The number of benzene rings is 2.